The third kappa shape index (κ3) is 3.13. The van der Waals surface area contributed by atoms with Crippen molar-refractivity contribution in [3.8, 4) is 0 Å². The predicted molar refractivity (Wildman–Crippen MR) is 120 cm³/mol. The van der Waals surface area contributed by atoms with Crippen LogP contribution in [0, 0.1) is 13.8 Å². The highest BCUT2D eigenvalue weighted by Gasteiger charge is 2.43. The first kappa shape index (κ1) is 17.8. The lowest BCUT2D eigenvalue weighted by Crippen LogP contribution is -2.68. The van der Waals surface area contributed by atoms with Gasteiger partial charge in [0.05, 0.1) is 0 Å². The van der Waals surface area contributed by atoms with Crippen molar-refractivity contribution in [3.05, 3.63) is 113 Å². The molecule has 1 heteroatoms. The summed E-state index contributed by atoms with van der Waals surface area (Å²) in [5, 5.41) is 6.01. The van der Waals surface area contributed by atoms with Crippen LogP contribution < -0.4 is 15.6 Å². The van der Waals surface area contributed by atoms with E-state index in [1.165, 1.54) is 32.3 Å². The molecule has 3 aromatic rings. The highest BCUT2D eigenvalue weighted by atomic mass is 28.3. The Morgan fingerprint density at radius 3 is 1.59 bits per heavy atom. The van der Waals surface area contributed by atoms with Crippen molar-refractivity contribution in [2.45, 2.75) is 27.2 Å². The van der Waals surface area contributed by atoms with Crippen LogP contribution >= 0.6 is 0 Å². The maximum atomic E-state index is 2.45. The van der Waals surface area contributed by atoms with Crippen LogP contribution in [0.4, 0.5) is 0 Å². The van der Waals surface area contributed by atoms with E-state index in [0.717, 1.165) is 6.42 Å². The van der Waals surface area contributed by atoms with Gasteiger partial charge >= 0.3 is 0 Å². The summed E-state index contributed by atoms with van der Waals surface area (Å²) >= 11 is 0. The number of rotatable bonds is 4. The normalized spacial score (nSPS) is 14.0. The van der Waals surface area contributed by atoms with E-state index in [0.29, 0.717) is 0 Å². The Morgan fingerprint density at radius 2 is 1.15 bits per heavy atom. The molecule has 27 heavy (non-hydrogen) atoms. The van der Waals surface area contributed by atoms with Crippen LogP contribution in [0.1, 0.15) is 24.5 Å². The molecule has 0 fully saturated rings. The molecule has 0 amide bonds. The highest BCUT2D eigenvalue weighted by molar-refractivity contribution is 7.16. The van der Waals surface area contributed by atoms with Crippen LogP contribution in [0.15, 0.2) is 102 Å². The Hall–Kier alpha value is -2.64. The Morgan fingerprint density at radius 1 is 0.630 bits per heavy atom. The molecule has 3 aromatic carbocycles. The predicted octanol–water partition coefficient (Wildman–Crippen LogP) is 4.59. The molecule has 1 aliphatic rings. The van der Waals surface area contributed by atoms with E-state index in [2.05, 4.69) is 112 Å². The fourth-order valence-electron chi connectivity index (χ4n) is 4.55. The molecule has 0 bridgehead atoms. The summed E-state index contributed by atoms with van der Waals surface area (Å²) in [6.45, 7) is 6.67. The van der Waals surface area contributed by atoms with Crippen molar-refractivity contribution in [2.75, 3.05) is 0 Å². The highest BCUT2D eigenvalue weighted by Crippen LogP contribution is 2.27. The van der Waals surface area contributed by atoms with E-state index in [1.807, 2.05) is 0 Å². The summed E-state index contributed by atoms with van der Waals surface area (Å²) in [5.41, 5.74) is 4.08. The van der Waals surface area contributed by atoms with Gasteiger partial charge in [0.15, 0.2) is 8.07 Å². The molecule has 0 nitrogen and oxygen atoms in total. The third-order valence-corrected chi connectivity index (χ3v) is 10.5. The summed E-state index contributed by atoms with van der Waals surface area (Å²) in [6.07, 6.45) is 5.88. The van der Waals surface area contributed by atoms with Crippen LogP contribution in [0.2, 0.25) is 0 Å². The molecule has 1 aliphatic carbocycles. The average Bonchev–Trinajstić information content (AvgIpc) is 3.10. The number of hydrogen-bond donors (Lipinski definition) is 0. The van der Waals surface area contributed by atoms with Gasteiger partial charge in [-0.15, -0.1) is 0 Å². The fraction of sp³-hybridized carbons (Fsp3) is 0.154. The van der Waals surface area contributed by atoms with Gasteiger partial charge in [-0.05, 0) is 42.8 Å². The second-order valence-electron chi connectivity index (χ2n) is 7.68. The van der Waals surface area contributed by atoms with Gasteiger partial charge < -0.3 is 0 Å². The second kappa shape index (κ2) is 7.17. The zero-order valence-electron chi connectivity index (χ0n) is 16.4. The van der Waals surface area contributed by atoms with Crippen LogP contribution in [0.3, 0.4) is 0 Å². The van der Waals surface area contributed by atoms with Gasteiger partial charge in [0, 0.05) is 0 Å². The van der Waals surface area contributed by atoms with Gasteiger partial charge in [0.25, 0.3) is 0 Å². The minimum atomic E-state index is -2.29. The van der Waals surface area contributed by atoms with E-state index in [4.69, 9.17) is 0 Å². The quantitative estimate of drug-likeness (QED) is 0.468. The number of aryl methyl sites for hydroxylation is 2. The third-order valence-electron chi connectivity index (χ3n) is 5.60. The minimum Gasteiger partial charge on any atom is -0.0779 e. The van der Waals surface area contributed by atoms with E-state index in [9.17, 15) is 0 Å². The molecule has 0 heterocycles. The van der Waals surface area contributed by atoms with Crippen molar-refractivity contribution in [2.24, 2.45) is 0 Å². The number of benzene rings is 3. The first-order valence-corrected chi connectivity index (χ1v) is 11.7. The van der Waals surface area contributed by atoms with Gasteiger partial charge in [0.1, 0.15) is 0 Å². The fourth-order valence-corrected chi connectivity index (χ4v) is 9.79. The van der Waals surface area contributed by atoms with Crippen LogP contribution in [0.25, 0.3) is 0 Å². The Balaban J connectivity index is 2.11. The topological polar surface area (TPSA) is 0 Å². The molecule has 4 rings (SSSR count). The lowest BCUT2D eigenvalue weighted by molar-refractivity contribution is 1.36. The maximum absolute atomic E-state index is 2.45. The molecular weight excluding hydrogens is 340 g/mol. The standard InChI is InChI=1S/C26H26Si/c1-20-14-15-25(17-20)27(23-10-6-4-7-11-23,24-12-8-5-9-13-24)26-18-21(2)16-22(3)19-26/h4-14,16-19H,15H2,1-3H3. The van der Waals surface area contributed by atoms with Gasteiger partial charge in [-0.1, -0.05) is 113 Å². The second-order valence-corrected chi connectivity index (χ2v) is 11.6. The molecule has 0 N–H and O–H groups in total. The van der Waals surface area contributed by atoms with Gasteiger partial charge in [0.2, 0.25) is 0 Å². The lowest BCUT2D eigenvalue weighted by Gasteiger charge is -2.36. The summed E-state index contributed by atoms with van der Waals surface area (Å²) in [5.74, 6) is 0. The van der Waals surface area contributed by atoms with Gasteiger partial charge in [-0.25, -0.2) is 0 Å². The molecule has 0 spiro atoms. The molecule has 134 valence electrons. The lowest BCUT2D eigenvalue weighted by atomic mass is 10.2. The molecular formula is C26H26Si. The van der Waals surface area contributed by atoms with Crippen molar-refractivity contribution in [3.63, 3.8) is 0 Å². The van der Waals surface area contributed by atoms with Gasteiger partial charge in [-0.2, -0.15) is 0 Å². The molecule has 0 atom stereocenters. The summed E-state index contributed by atoms with van der Waals surface area (Å²) in [6, 6.07) is 29.5. The van der Waals surface area contributed by atoms with E-state index >= 15 is 0 Å². The zero-order chi connectivity index (χ0) is 18.9. The summed E-state index contributed by atoms with van der Waals surface area (Å²) in [4.78, 5) is 0. The first-order chi connectivity index (χ1) is 13.1. The van der Waals surface area contributed by atoms with E-state index < -0.39 is 8.07 Å². The molecule has 0 saturated carbocycles. The largest absolute Gasteiger partial charge is 0.175 e. The van der Waals surface area contributed by atoms with E-state index in [1.54, 1.807) is 5.20 Å². The van der Waals surface area contributed by atoms with Crippen LogP contribution in [0.5, 0.6) is 0 Å². The van der Waals surface area contributed by atoms with Crippen molar-refractivity contribution in [1.82, 2.24) is 0 Å². The zero-order valence-corrected chi connectivity index (χ0v) is 17.4. The average molecular weight is 367 g/mol. The van der Waals surface area contributed by atoms with E-state index in [-0.39, 0.29) is 0 Å². The van der Waals surface area contributed by atoms with Crippen molar-refractivity contribution >= 4 is 23.6 Å². The Kier molecular flexibility index (Phi) is 4.71. The molecule has 0 radical (unpaired) electrons. The monoisotopic (exact) mass is 366 g/mol. The Labute approximate surface area is 163 Å². The first-order valence-electron chi connectivity index (χ1n) is 9.68. The molecule has 0 aliphatic heterocycles. The molecule has 0 unspecified atom stereocenters. The Bertz CT molecular complexity index is 951. The molecule has 0 saturated heterocycles. The SMILES string of the molecule is CC1=CCC([Si](c2ccccc2)(c2ccccc2)c2cc(C)cc(C)c2)=C1. The summed E-state index contributed by atoms with van der Waals surface area (Å²) < 4.78 is 0. The summed E-state index contributed by atoms with van der Waals surface area (Å²) in [7, 11) is -2.29. The van der Waals surface area contributed by atoms with Crippen molar-refractivity contribution < 1.29 is 0 Å². The van der Waals surface area contributed by atoms with Crippen LogP contribution in [-0.4, -0.2) is 8.07 Å². The number of allylic oxidation sites excluding steroid dienone is 4. The number of hydrogen-bond acceptors (Lipinski definition) is 0. The minimum absolute atomic E-state index is 1.05. The maximum Gasteiger partial charge on any atom is 0.175 e. The molecule has 0 aromatic heterocycles. The smallest absolute Gasteiger partial charge is 0.0779 e. The van der Waals surface area contributed by atoms with Gasteiger partial charge in [-0.3, -0.25) is 0 Å². The van der Waals surface area contributed by atoms with Crippen LogP contribution in [-0.2, 0) is 0 Å². The van der Waals surface area contributed by atoms with Crippen molar-refractivity contribution in [1.29, 1.82) is 0 Å².